The van der Waals surface area contributed by atoms with E-state index in [0.29, 0.717) is 6.07 Å². The maximum atomic E-state index is 13.2. The number of nitrogens with one attached hydrogen (secondary N) is 2. The van der Waals surface area contributed by atoms with Crippen molar-refractivity contribution in [2.75, 3.05) is 13.6 Å². The summed E-state index contributed by atoms with van der Waals surface area (Å²) in [4.78, 5) is 11.6. The van der Waals surface area contributed by atoms with Crippen molar-refractivity contribution in [2.24, 2.45) is 5.41 Å². The molecule has 0 saturated carbocycles. The number of alkyl halides is 3. The zero-order valence-electron chi connectivity index (χ0n) is 12.1. The Morgan fingerprint density at radius 3 is 2.33 bits per heavy atom. The van der Waals surface area contributed by atoms with E-state index in [0.717, 1.165) is 12.1 Å². The van der Waals surface area contributed by atoms with Crippen molar-refractivity contribution in [3.05, 3.63) is 35.1 Å². The van der Waals surface area contributed by atoms with Gasteiger partial charge >= 0.3 is 6.18 Å². The van der Waals surface area contributed by atoms with Crippen molar-refractivity contribution in [1.82, 2.24) is 10.6 Å². The first-order valence-electron chi connectivity index (χ1n) is 6.36. The summed E-state index contributed by atoms with van der Waals surface area (Å²) in [5, 5.41) is 5.37. The largest absolute Gasteiger partial charge is 0.416 e. The Kier molecular flexibility index (Phi) is 5.33. The van der Waals surface area contributed by atoms with Crippen molar-refractivity contribution >= 4 is 5.91 Å². The van der Waals surface area contributed by atoms with Crippen LogP contribution in [0, 0.1) is 11.2 Å². The number of carbonyl (C=O) groups is 1. The maximum absolute atomic E-state index is 13.2. The lowest BCUT2D eigenvalue weighted by molar-refractivity contribution is -0.137. The normalized spacial score (nSPS) is 12.3. The number of amides is 1. The molecule has 1 aromatic carbocycles. The minimum Gasteiger partial charge on any atom is -0.359 e. The quantitative estimate of drug-likeness (QED) is 0.821. The molecule has 0 aliphatic heterocycles. The van der Waals surface area contributed by atoms with Gasteiger partial charge in [-0.2, -0.15) is 13.2 Å². The van der Waals surface area contributed by atoms with E-state index in [2.05, 4.69) is 10.6 Å². The van der Waals surface area contributed by atoms with Gasteiger partial charge in [-0.15, -0.1) is 0 Å². The zero-order chi connectivity index (χ0) is 16.3. The van der Waals surface area contributed by atoms with Gasteiger partial charge in [-0.1, -0.05) is 0 Å². The Morgan fingerprint density at radius 2 is 1.81 bits per heavy atom. The van der Waals surface area contributed by atoms with Crippen LogP contribution in [0.15, 0.2) is 18.2 Å². The van der Waals surface area contributed by atoms with Gasteiger partial charge in [0.25, 0.3) is 0 Å². The van der Waals surface area contributed by atoms with Crippen LogP contribution in [0.4, 0.5) is 17.6 Å². The molecule has 0 atom stereocenters. The van der Waals surface area contributed by atoms with Crippen molar-refractivity contribution in [3.8, 4) is 0 Å². The van der Waals surface area contributed by atoms with Gasteiger partial charge < -0.3 is 10.6 Å². The second-order valence-corrected chi connectivity index (χ2v) is 5.41. The fourth-order valence-corrected chi connectivity index (χ4v) is 1.85. The minimum atomic E-state index is -4.59. The molecule has 21 heavy (non-hydrogen) atoms. The van der Waals surface area contributed by atoms with E-state index in [-0.39, 0.29) is 24.6 Å². The Labute approximate surface area is 120 Å². The number of benzene rings is 1. The van der Waals surface area contributed by atoms with Crippen molar-refractivity contribution in [2.45, 2.75) is 26.6 Å². The van der Waals surface area contributed by atoms with Crippen LogP contribution < -0.4 is 10.6 Å². The smallest absolute Gasteiger partial charge is 0.359 e. The standard InChI is InChI=1S/C14H18F4N2O/c1-13(2,12(21)19-3)8-20-7-9-4-10(14(16,17)18)6-11(15)5-9/h4-6,20H,7-8H2,1-3H3,(H,19,21). The van der Waals surface area contributed by atoms with E-state index in [4.69, 9.17) is 0 Å². The molecule has 0 radical (unpaired) electrons. The molecule has 0 saturated heterocycles. The van der Waals surface area contributed by atoms with Crippen LogP contribution in [0.1, 0.15) is 25.0 Å². The predicted molar refractivity (Wildman–Crippen MR) is 71.0 cm³/mol. The molecule has 0 aromatic heterocycles. The monoisotopic (exact) mass is 306 g/mol. The Balaban J connectivity index is 2.73. The van der Waals surface area contributed by atoms with E-state index in [1.165, 1.54) is 7.05 Å². The molecule has 0 fully saturated rings. The fraction of sp³-hybridized carbons (Fsp3) is 0.500. The average molecular weight is 306 g/mol. The van der Waals surface area contributed by atoms with Crippen LogP contribution in [0.25, 0.3) is 0 Å². The first-order chi connectivity index (χ1) is 9.56. The first kappa shape index (κ1) is 17.4. The Bertz CT molecular complexity index is 512. The molecule has 3 nitrogen and oxygen atoms in total. The molecule has 1 aromatic rings. The fourth-order valence-electron chi connectivity index (χ4n) is 1.85. The molecule has 0 heterocycles. The van der Waals surface area contributed by atoms with Gasteiger partial charge in [-0.25, -0.2) is 4.39 Å². The first-order valence-corrected chi connectivity index (χ1v) is 6.36. The highest BCUT2D eigenvalue weighted by Crippen LogP contribution is 2.30. The SMILES string of the molecule is CNC(=O)C(C)(C)CNCc1cc(F)cc(C(F)(F)F)c1. The molecular formula is C14H18F4N2O. The summed E-state index contributed by atoms with van der Waals surface area (Å²) in [6.45, 7) is 3.70. The van der Waals surface area contributed by atoms with E-state index in [9.17, 15) is 22.4 Å². The molecule has 0 spiro atoms. The summed E-state index contributed by atoms with van der Waals surface area (Å²) >= 11 is 0. The maximum Gasteiger partial charge on any atom is 0.416 e. The highest BCUT2D eigenvalue weighted by Gasteiger charge is 2.31. The molecule has 2 N–H and O–H groups in total. The second kappa shape index (κ2) is 6.43. The summed E-state index contributed by atoms with van der Waals surface area (Å²) in [5.41, 5.74) is -1.56. The third-order valence-electron chi connectivity index (χ3n) is 3.02. The van der Waals surface area contributed by atoms with E-state index in [1.807, 2.05) is 0 Å². The van der Waals surface area contributed by atoms with E-state index in [1.54, 1.807) is 13.8 Å². The van der Waals surface area contributed by atoms with Gasteiger partial charge in [0, 0.05) is 20.1 Å². The number of carbonyl (C=O) groups excluding carboxylic acids is 1. The van der Waals surface area contributed by atoms with Crippen LogP contribution in [0.5, 0.6) is 0 Å². The molecule has 0 aliphatic carbocycles. The lowest BCUT2D eigenvalue weighted by atomic mass is 9.92. The van der Waals surface area contributed by atoms with Gasteiger partial charge in [0.2, 0.25) is 5.91 Å². The van der Waals surface area contributed by atoms with Crippen LogP contribution in [0.3, 0.4) is 0 Å². The van der Waals surface area contributed by atoms with Gasteiger partial charge in [0.1, 0.15) is 5.82 Å². The highest BCUT2D eigenvalue weighted by atomic mass is 19.4. The number of rotatable bonds is 5. The van der Waals surface area contributed by atoms with Crippen LogP contribution in [-0.2, 0) is 17.5 Å². The molecule has 118 valence electrons. The van der Waals surface area contributed by atoms with E-state index >= 15 is 0 Å². The van der Waals surface area contributed by atoms with Crippen molar-refractivity contribution < 1.29 is 22.4 Å². The molecular weight excluding hydrogens is 288 g/mol. The summed E-state index contributed by atoms with van der Waals surface area (Å²) in [6.07, 6.45) is -4.59. The van der Waals surface area contributed by atoms with Crippen LogP contribution >= 0.6 is 0 Å². The van der Waals surface area contributed by atoms with Gasteiger partial charge in [-0.3, -0.25) is 4.79 Å². The predicted octanol–water partition coefficient (Wildman–Crippen LogP) is 2.71. The van der Waals surface area contributed by atoms with E-state index < -0.39 is 23.0 Å². The summed E-state index contributed by atoms with van der Waals surface area (Å²) in [6, 6.07) is 2.38. The molecule has 0 bridgehead atoms. The second-order valence-electron chi connectivity index (χ2n) is 5.41. The molecule has 0 aliphatic rings. The Morgan fingerprint density at radius 1 is 1.19 bits per heavy atom. The van der Waals surface area contributed by atoms with Gasteiger partial charge in [0.05, 0.1) is 11.0 Å². The average Bonchev–Trinajstić information content (AvgIpc) is 2.35. The third kappa shape index (κ3) is 5.00. The highest BCUT2D eigenvalue weighted by molar-refractivity contribution is 5.81. The summed E-state index contributed by atoms with van der Waals surface area (Å²) < 4.78 is 50.9. The molecule has 0 unspecified atom stereocenters. The van der Waals surface area contributed by atoms with Crippen molar-refractivity contribution in [1.29, 1.82) is 0 Å². The summed E-state index contributed by atoms with van der Waals surface area (Å²) in [5.74, 6) is -1.13. The number of halogens is 4. The third-order valence-corrected chi connectivity index (χ3v) is 3.02. The molecule has 7 heteroatoms. The number of hydrogen-bond acceptors (Lipinski definition) is 2. The topological polar surface area (TPSA) is 41.1 Å². The van der Waals surface area contributed by atoms with Gasteiger partial charge in [0.15, 0.2) is 0 Å². The molecule has 1 rings (SSSR count). The zero-order valence-corrected chi connectivity index (χ0v) is 12.1. The lowest BCUT2D eigenvalue weighted by Gasteiger charge is -2.23. The van der Waals surface area contributed by atoms with Gasteiger partial charge in [-0.05, 0) is 37.6 Å². The summed E-state index contributed by atoms with van der Waals surface area (Å²) in [7, 11) is 1.51. The van der Waals surface area contributed by atoms with Crippen LogP contribution in [0.2, 0.25) is 0 Å². The van der Waals surface area contributed by atoms with Crippen molar-refractivity contribution in [3.63, 3.8) is 0 Å². The minimum absolute atomic E-state index is 0.0429. The van der Waals surface area contributed by atoms with Crippen LogP contribution in [-0.4, -0.2) is 19.5 Å². The number of hydrogen-bond donors (Lipinski definition) is 2. The molecule has 1 amide bonds. The Hall–Kier alpha value is -1.63. The lowest BCUT2D eigenvalue weighted by Crippen LogP contribution is -2.41.